The van der Waals surface area contributed by atoms with Crippen LogP contribution in [0.1, 0.15) is 48.3 Å². The maximum atomic E-state index is 9.39. The molecule has 0 amide bonds. The molecule has 0 N–H and O–H groups in total. The molecule has 0 bridgehead atoms. The molecule has 0 spiro atoms. The van der Waals surface area contributed by atoms with E-state index in [2.05, 4.69) is 64.9 Å². The minimum atomic E-state index is 0.577. The largest absolute Gasteiger partial charge is 0.496 e. The van der Waals surface area contributed by atoms with E-state index in [1.165, 1.54) is 53.2 Å². The highest BCUT2D eigenvalue weighted by atomic mass is 16.5. The van der Waals surface area contributed by atoms with E-state index in [0.717, 1.165) is 48.6 Å². The number of nitrogens with zero attached hydrogens (tertiary/aromatic N) is 5. The van der Waals surface area contributed by atoms with Crippen molar-refractivity contribution in [2.24, 2.45) is 7.05 Å². The fourth-order valence-electron chi connectivity index (χ4n) is 6.70. The molecular formula is C31H35N5O. The van der Waals surface area contributed by atoms with Crippen molar-refractivity contribution >= 4 is 27.5 Å². The predicted octanol–water partition coefficient (Wildman–Crippen LogP) is 5.76. The van der Waals surface area contributed by atoms with Gasteiger partial charge in [-0.15, -0.1) is 0 Å². The summed E-state index contributed by atoms with van der Waals surface area (Å²) in [5, 5.41) is 11.8. The lowest BCUT2D eigenvalue weighted by atomic mass is 9.81. The van der Waals surface area contributed by atoms with E-state index in [1.807, 2.05) is 18.3 Å². The van der Waals surface area contributed by atoms with Gasteiger partial charge in [-0.1, -0.05) is 6.07 Å². The Morgan fingerprint density at radius 2 is 1.78 bits per heavy atom. The van der Waals surface area contributed by atoms with Crippen LogP contribution >= 0.6 is 0 Å². The van der Waals surface area contributed by atoms with Gasteiger partial charge in [0.15, 0.2) is 0 Å². The van der Waals surface area contributed by atoms with Gasteiger partial charge in [0, 0.05) is 79.6 Å². The minimum absolute atomic E-state index is 0.577. The van der Waals surface area contributed by atoms with E-state index in [-0.39, 0.29) is 0 Å². The van der Waals surface area contributed by atoms with Crippen molar-refractivity contribution in [1.82, 2.24) is 14.5 Å². The van der Waals surface area contributed by atoms with Gasteiger partial charge in [-0.2, -0.15) is 5.26 Å². The molecule has 190 valence electrons. The van der Waals surface area contributed by atoms with Gasteiger partial charge in [-0.25, -0.2) is 0 Å². The second kappa shape index (κ2) is 9.72. The number of fused-ring (bicyclic) bond motifs is 2. The summed E-state index contributed by atoms with van der Waals surface area (Å²) in [6, 6.07) is 15.4. The van der Waals surface area contributed by atoms with Crippen LogP contribution in [0.2, 0.25) is 0 Å². The number of aromatic nitrogens is 2. The van der Waals surface area contributed by atoms with Crippen molar-refractivity contribution < 1.29 is 4.74 Å². The first-order valence-electron chi connectivity index (χ1n) is 13.5. The summed E-state index contributed by atoms with van der Waals surface area (Å²) >= 11 is 0. The van der Waals surface area contributed by atoms with Crippen molar-refractivity contribution in [3.8, 4) is 11.8 Å². The molecule has 1 aliphatic carbocycles. The number of methoxy groups -OCH3 is 1. The van der Waals surface area contributed by atoms with Crippen LogP contribution in [0.5, 0.6) is 5.75 Å². The topological polar surface area (TPSA) is 57.3 Å². The van der Waals surface area contributed by atoms with E-state index < -0.39 is 0 Å². The summed E-state index contributed by atoms with van der Waals surface area (Å²) in [5.74, 6) is 1.51. The Labute approximate surface area is 219 Å². The Balaban J connectivity index is 1.13. The molecule has 1 saturated heterocycles. The zero-order valence-electron chi connectivity index (χ0n) is 22.1. The highest BCUT2D eigenvalue weighted by Crippen LogP contribution is 2.40. The van der Waals surface area contributed by atoms with Crippen LogP contribution in [0, 0.1) is 18.3 Å². The summed E-state index contributed by atoms with van der Waals surface area (Å²) in [7, 11) is 3.87. The van der Waals surface area contributed by atoms with Crippen LogP contribution in [0.3, 0.4) is 0 Å². The fraction of sp³-hybridized carbons (Fsp3) is 0.419. The molecular weight excluding hydrogens is 458 g/mol. The molecule has 2 fully saturated rings. The van der Waals surface area contributed by atoms with Crippen LogP contribution in [0.4, 0.5) is 5.69 Å². The highest BCUT2D eigenvalue weighted by Gasteiger charge is 2.31. The lowest BCUT2D eigenvalue weighted by Crippen LogP contribution is -2.51. The zero-order chi connectivity index (χ0) is 25.5. The lowest BCUT2D eigenvalue weighted by molar-refractivity contribution is 0.141. The Morgan fingerprint density at radius 3 is 2.51 bits per heavy atom. The molecule has 0 atom stereocenters. The Hall–Kier alpha value is -3.56. The van der Waals surface area contributed by atoms with Crippen molar-refractivity contribution in [3.63, 3.8) is 0 Å². The van der Waals surface area contributed by atoms with Gasteiger partial charge in [0.1, 0.15) is 5.75 Å². The molecule has 1 saturated carbocycles. The number of anilines is 1. The van der Waals surface area contributed by atoms with Gasteiger partial charge in [-0.05, 0) is 68.4 Å². The maximum Gasteiger partial charge on any atom is 0.124 e. The first kappa shape index (κ1) is 23.8. The van der Waals surface area contributed by atoms with E-state index in [0.29, 0.717) is 12.0 Å². The average Bonchev–Trinajstić information content (AvgIpc) is 3.29. The first-order valence-corrected chi connectivity index (χ1v) is 13.5. The number of pyridine rings is 1. The maximum absolute atomic E-state index is 9.39. The second-order valence-electron chi connectivity index (χ2n) is 10.7. The normalized spacial score (nSPS) is 20.9. The van der Waals surface area contributed by atoms with Gasteiger partial charge < -0.3 is 14.2 Å². The molecule has 6 heteroatoms. The van der Waals surface area contributed by atoms with Gasteiger partial charge in [0.25, 0.3) is 0 Å². The van der Waals surface area contributed by atoms with E-state index >= 15 is 0 Å². The van der Waals surface area contributed by atoms with Crippen molar-refractivity contribution in [2.75, 3.05) is 38.2 Å². The summed E-state index contributed by atoms with van der Waals surface area (Å²) in [6.45, 7) is 6.30. The third-order valence-corrected chi connectivity index (χ3v) is 8.77. The van der Waals surface area contributed by atoms with E-state index in [1.54, 1.807) is 7.11 Å². The Bertz CT molecular complexity index is 1480. The molecule has 2 aromatic heterocycles. The monoisotopic (exact) mass is 493 g/mol. The highest BCUT2D eigenvalue weighted by molar-refractivity contribution is 5.95. The number of nitriles is 1. The molecule has 6 rings (SSSR count). The average molecular weight is 494 g/mol. The summed E-state index contributed by atoms with van der Waals surface area (Å²) in [5.41, 5.74) is 6.81. The predicted molar refractivity (Wildman–Crippen MR) is 149 cm³/mol. The van der Waals surface area contributed by atoms with Crippen molar-refractivity contribution in [2.45, 2.75) is 44.6 Å². The lowest BCUT2D eigenvalue weighted by Gasteiger charge is -2.43. The molecule has 3 heterocycles. The summed E-state index contributed by atoms with van der Waals surface area (Å²) < 4.78 is 7.92. The quantitative estimate of drug-likeness (QED) is 0.362. The fourth-order valence-corrected chi connectivity index (χ4v) is 6.70. The number of piperazine rings is 1. The van der Waals surface area contributed by atoms with Crippen LogP contribution < -0.4 is 9.64 Å². The third kappa shape index (κ3) is 4.22. The summed E-state index contributed by atoms with van der Waals surface area (Å²) in [4.78, 5) is 9.94. The Morgan fingerprint density at radius 1 is 1.00 bits per heavy atom. The molecule has 2 aliphatic rings. The van der Waals surface area contributed by atoms with E-state index in [4.69, 9.17) is 9.72 Å². The van der Waals surface area contributed by atoms with Crippen molar-refractivity contribution in [3.05, 3.63) is 65.5 Å². The Kier molecular flexibility index (Phi) is 6.26. The van der Waals surface area contributed by atoms with Crippen LogP contribution in [0.25, 0.3) is 21.8 Å². The number of benzene rings is 2. The van der Waals surface area contributed by atoms with Gasteiger partial charge in [0.05, 0.1) is 29.9 Å². The second-order valence-corrected chi connectivity index (χ2v) is 10.7. The molecule has 1 aliphatic heterocycles. The van der Waals surface area contributed by atoms with Gasteiger partial charge in [0.2, 0.25) is 0 Å². The molecule has 0 radical (unpaired) electrons. The van der Waals surface area contributed by atoms with E-state index in [9.17, 15) is 5.26 Å². The molecule has 0 unspecified atom stereocenters. The number of rotatable bonds is 4. The number of aryl methyl sites for hydroxylation is 2. The standard InChI is InChI=1S/C31H35N5O/c1-21-25-5-4-12-33-31(25)29(18-30(21)37-3)36-15-13-35(14-16-36)24-9-7-23(8-10-24)27-20-34(2)28-11-6-22(19-32)17-26(27)28/h4-6,11-12,17-18,20,23-24H,7-10,13-16H2,1-3H3/t23-,24+. The smallest absolute Gasteiger partial charge is 0.124 e. The SMILES string of the molecule is COc1cc(N2CCN([C@H]3CC[C@@H](c4cn(C)c5ccc(C#N)cc54)CC3)CC2)c2ncccc2c1C. The number of hydrogen-bond acceptors (Lipinski definition) is 5. The molecule has 4 aromatic rings. The molecule has 37 heavy (non-hydrogen) atoms. The number of hydrogen-bond donors (Lipinski definition) is 0. The molecule has 6 nitrogen and oxygen atoms in total. The number of ether oxygens (including phenoxy) is 1. The van der Waals surface area contributed by atoms with Crippen LogP contribution in [-0.4, -0.2) is 53.8 Å². The van der Waals surface area contributed by atoms with Gasteiger partial charge in [-0.3, -0.25) is 9.88 Å². The van der Waals surface area contributed by atoms with Crippen LogP contribution in [-0.2, 0) is 7.05 Å². The molecule has 2 aromatic carbocycles. The first-order chi connectivity index (χ1) is 18.1. The van der Waals surface area contributed by atoms with Crippen molar-refractivity contribution in [1.29, 1.82) is 5.26 Å². The zero-order valence-corrected chi connectivity index (χ0v) is 22.1. The summed E-state index contributed by atoms with van der Waals surface area (Å²) in [6.07, 6.45) is 9.09. The minimum Gasteiger partial charge on any atom is -0.496 e. The third-order valence-electron chi connectivity index (χ3n) is 8.77. The van der Waals surface area contributed by atoms with Gasteiger partial charge >= 0.3 is 0 Å². The van der Waals surface area contributed by atoms with Crippen LogP contribution in [0.15, 0.2) is 48.8 Å².